The van der Waals surface area contributed by atoms with E-state index in [0.717, 1.165) is 5.56 Å². The highest BCUT2D eigenvalue weighted by molar-refractivity contribution is 5.96. The highest BCUT2D eigenvalue weighted by Gasteiger charge is 2.19. The van der Waals surface area contributed by atoms with Crippen molar-refractivity contribution in [3.8, 4) is 18.1 Å². The molecule has 0 amide bonds. The fourth-order valence-corrected chi connectivity index (χ4v) is 2.92. The minimum atomic E-state index is -0.677. The van der Waals surface area contributed by atoms with Crippen molar-refractivity contribution in [2.24, 2.45) is 0 Å². The van der Waals surface area contributed by atoms with Crippen molar-refractivity contribution in [2.75, 3.05) is 0 Å². The van der Waals surface area contributed by atoms with Gasteiger partial charge in [-0.25, -0.2) is 13.8 Å². The SMILES string of the molecule is C#CCCC(=O)c1c(C)nc2c(OCc3c(F)cccc3F)cc(C)cn12. The number of halogens is 2. The van der Waals surface area contributed by atoms with E-state index in [-0.39, 0.29) is 24.4 Å². The van der Waals surface area contributed by atoms with E-state index in [1.54, 1.807) is 23.6 Å². The Hall–Kier alpha value is -3.20. The van der Waals surface area contributed by atoms with Crippen molar-refractivity contribution in [3.63, 3.8) is 0 Å². The third kappa shape index (κ3) is 3.68. The molecule has 0 aliphatic carbocycles. The van der Waals surface area contributed by atoms with Gasteiger partial charge >= 0.3 is 0 Å². The molecule has 0 saturated carbocycles. The Kier molecular flexibility index (Phi) is 5.22. The van der Waals surface area contributed by atoms with Crippen LogP contribution >= 0.6 is 0 Å². The third-order valence-electron chi connectivity index (χ3n) is 4.19. The number of ether oxygens (including phenoxy) is 1. The molecule has 0 aliphatic heterocycles. The summed E-state index contributed by atoms with van der Waals surface area (Å²) in [5.74, 6) is 1.33. The number of Topliss-reactive ketones (excluding diaryl/α,β-unsaturated/α-hetero) is 1. The molecule has 0 atom stereocenters. The summed E-state index contributed by atoms with van der Waals surface area (Å²) in [4.78, 5) is 16.9. The Morgan fingerprint density at radius 2 is 2.00 bits per heavy atom. The summed E-state index contributed by atoms with van der Waals surface area (Å²) in [6, 6.07) is 5.37. The van der Waals surface area contributed by atoms with E-state index in [1.807, 2.05) is 6.92 Å². The highest BCUT2D eigenvalue weighted by atomic mass is 19.1. The van der Waals surface area contributed by atoms with E-state index in [4.69, 9.17) is 11.2 Å². The molecule has 0 aliphatic rings. The van der Waals surface area contributed by atoms with Gasteiger partial charge in [0.15, 0.2) is 17.2 Å². The summed E-state index contributed by atoms with van der Waals surface area (Å²) >= 11 is 0. The molecule has 1 aromatic carbocycles. The molecular weight excluding hydrogens is 350 g/mol. The molecule has 0 bridgehead atoms. The summed E-state index contributed by atoms with van der Waals surface area (Å²) < 4.78 is 35.0. The summed E-state index contributed by atoms with van der Waals surface area (Å²) in [7, 11) is 0. The van der Waals surface area contributed by atoms with Gasteiger partial charge in [-0.1, -0.05) is 6.07 Å². The van der Waals surface area contributed by atoms with Gasteiger partial charge in [-0.3, -0.25) is 9.20 Å². The van der Waals surface area contributed by atoms with Crippen LogP contribution in [-0.4, -0.2) is 15.2 Å². The van der Waals surface area contributed by atoms with Gasteiger partial charge in [-0.05, 0) is 37.6 Å². The van der Waals surface area contributed by atoms with E-state index in [0.29, 0.717) is 29.2 Å². The lowest BCUT2D eigenvalue weighted by atomic mass is 10.1. The van der Waals surface area contributed by atoms with Gasteiger partial charge in [-0.15, -0.1) is 12.3 Å². The normalized spacial score (nSPS) is 10.8. The Morgan fingerprint density at radius 1 is 1.30 bits per heavy atom. The summed E-state index contributed by atoms with van der Waals surface area (Å²) in [5.41, 5.74) is 2.05. The van der Waals surface area contributed by atoms with Crippen molar-refractivity contribution < 1.29 is 18.3 Å². The first-order valence-electron chi connectivity index (χ1n) is 8.44. The van der Waals surface area contributed by atoms with Gasteiger partial charge in [0.1, 0.15) is 23.9 Å². The molecule has 6 heteroatoms. The van der Waals surface area contributed by atoms with Crippen LogP contribution in [0.4, 0.5) is 8.78 Å². The van der Waals surface area contributed by atoms with Gasteiger partial charge < -0.3 is 4.74 Å². The molecule has 0 saturated heterocycles. The summed E-state index contributed by atoms with van der Waals surface area (Å²) in [5, 5.41) is 0. The summed E-state index contributed by atoms with van der Waals surface area (Å²) in [6.45, 7) is 3.27. The second-order valence-electron chi connectivity index (χ2n) is 6.24. The second kappa shape index (κ2) is 7.58. The van der Waals surface area contributed by atoms with E-state index < -0.39 is 11.6 Å². The number of aryl methyl sites for hydroxylation is 2. The number of fused-ring (bicyclic) bond motifs is 1. The standard InChI is InChI=1S/C21H18F2N2O2/c1-4-5-9-18(26)20-14(3)24-21-19(10-13(2)11-25(20)21)27-12-15-16(22)7-6-8-17(15)23/h1,6-8,10-11H,5,9,12H2,2-3H3. The fraction of sp³-hybridized carbons (Fsp3) is 0.238. The quantitative estimate of drug-likeness (QED) is 0.478. The Bertz CT molecular complexity index is 1040. The number of hydrogen-bond acceptors (Lipinski definition) is 3. The minimum Gasteiger partial charge on any atom is -0.485 e. The first-order chi connectivity index (χ1) is 12.9. The largest absolute Gasteiger partial charge is 0.485 e. The molecule has 0 radical (unpaired) electrons. The molecule has 3 rings (SSSR count). The van der Waals surface area contributed by atoms with Crippen LogP contribution in [0.2, 0.25) is 0 Å². The summed E-state index contributed by atoms with van der Waals surface area (Å²) in [6.07, 6.45) is 7.57. The molecule has 3 aromatic rings. The lowest BCUT2D eigenvalue weighted by Gasteiger charge is -2.11. The van der Waals surface area contributed by atoms with Crippen molar-refractivity contribution in [2.45, 2.75) is 33.3 Å². The van der Waals surface area contributed by atoms with Crippen molar-refractivity contribution in [1.29, 1.82) is 0 Å². The van der Waals surface area contributed by atoms with Gasteiger partial charge in [0.05, 0.1) is 11.3 Å². The molecular formula is C21H18F2N2O2. The molecule has 4 nitrogen and oxygen atoms in total. The van der Waals surface area contributed by atoms with Crippen LogP contribution in [0.15, 0.2) is 30.5 Å². The Labute approximate surface area is 155 Å². The van der Waals surface area contributed by atoms with Gasteiger partial charge in [0.25, 0.3) is 0 Å². The second-order valence-corrected chi connectivity index (χ2v) is 6.24. The molecule has 27 heavy (non-hydrogen) atoms. The zero-order valence-electron chi connectivity index (χ0n) is 15.1. The van der Waals surface area contributed by atoms with Crippen molar-refractivity contribution in [1.82, 2.24) is 9.38 Å². The van der Waals surface area contributed by atoms with E-state index >= 15 is 0 Å². The third-order valence-corrected chi connectivity index (χ3v) is 4.19. The molecule has 0 spiro atoms. The molecule has 2 heterocycles. The molecule has 2 aromatic heterocycles. The van der Waals surface area contributed by atoms with Crippen LogP contribution in [0.3, 0.4) is 0 Å². The predicted molar refractivity (Wildman–Crippen MR) is 97.8 cm³/mol. The number of pyridine rings is 1. The molecule has 138 valence electrons. The number of aromatic nitrogens is 2. The number of nitrogens with zero attached hydrogens (tertiary/aromatic N) is 2. The van der Waals surface area contributed by atoms with Crippen molar-refractivity contribution >= 4 is 11.4 Å². The number of carbonyl (C=O) groups is 1. The highest BCUT2D eigenvalue weighted by Crippen LogP contribution is 2.26. The average Bonchev–Trinajstić information content (AvgIpc) is 2.95. The molecule has 0 unspecified atom stereocenters. The fourth-order valence-electron chi connectivity index (χ4n) is 2.92. The number of rotatable bonds is 6. The van der Waals surface area contributed by atoms with E-state index in [9.17, 15) is 13.6 Å². The number of benzene rings is 1. The van der Waals surface area contributed by atoms with E-state index in [1.165, 1.54) is 18.2 Å². The maximum Gasteiger partial charge on any atom is 0.182 e. The lowest BCUT2D eigenvalue weighted by Crippen LogP contribution is -2.07. The lowest BCUT2D eigenvalue weighted by molar-refractivity contribution is 0.0978. The Balaban J connectivity index is 1.99. The zero-order valence-corrected chi connectivity index (χ0v) is 15.1. The number of terminal acetylenes is 1. The van der Waals surface area contributed by atoms with Crippen LogP contribution in [0.5, 0.6) is 5.75 Å². The molecule has 0 N–H and O–H groups in total. The number of ketones is 1. The predicted octanol–water partition coefficient (Wildman–Crippen LogP) is 4.40. The van der Waals surface area contributed by atoms with Crippen LogP contribution < -0.4 is 4.74 Å². The first kappa shape index (κ1) is 18.6. The zero-order chi connectivity index (χ0) is 19.6. The molecule has 0 fully saturated rings. The topological polar surface area (TPSA) is 43.6 Å². The number of imidazole rings is 1. The maximum atomic E-state index is 13.8. The van der Waals surface area contributed by atoms with E-state index in [2.05, 4.69) is 10.9 Å². The van der Waals surface area contributed by atoms with Crippen LogP contribution in [0.25, 0.3) is 5.65 Å². The number of carbonyl (C=O) groups excluding carboxylic acids is 1. The number of hydrogen-bond donors (Lipinski definition) is 0. The van der Waals surface area contributed by atoms with Crippen molar-refractivity contribution in [3.05, 3.63) is 64.6 Å². The van der Waals surface area contributed by atoms with Crippen LogP contribution in [0, 0.1) is 37.8 Å². The monoisotopic (exact) mass is 368 g/mol. The van der Waals surface area contributed by atoms with Gasteiger partial charge in [-0.2, -0.15) is 0 Å². The van der Waals surface area contributed by atoms with Crippen LogP contribution in [0.1, 0.15) is 40.2 Å². The minimum absolute atomic E-state index is 0.116. The maximum absolute atomic E-state index is 13.8. The Morgan fingerprint density at radius 3 is 2.67 bits per heavy atom. The first-order valence-corrected chi connectivity index (χ1v) is 8.44. The smallest absolute Gasteiger partial charge is 0.182 e. The van der Waals surface area contributed by atoms with Gasteiger partial charge in [0, 0.05) is 19.0 Å². The van der Waals surface area contributed by atoms with Crippen LogP contribution in [-0.2, 0) is 6.61 Å². The van der Waals surface area contributed by atoms with Gasteiger partial charge in [0.2, 0.25) is 0 Å². The average molecular weight is 368 g/mol.